The molecule has 0 aliphatic rings. The summed E-state index contributed by atoms with van der Waals surface area (Å²) in [6, 6.07) is 5.95. The summed E-state index contributed by atoms with van der Waals surface area (Å²) in [4.78, 5) is 11.3. The van der Waals surface area contributed by atoms with Crippen LogP contribution in [0.5, 0.6) is 0 Å². The van der Waals surface area contributed by atoms with E-state index in [9.17, 15) is 9.18 Å². The number of ether oxygens (including phenoxy) is 1. The lowest BCUT2D eigenvalue weighted by Crippen LogP contribution is -2.25. The molecule has 0 aliphatic carbocycles. The molecule has 0 fully saturated rings. The van der Waals surface area contributed by atoms with E-state index in [2.05, 4.69) is 24.5 Å². The standard InChI is InChI=1S/C13H19FN2O2/c1-10(2)15-8-3-9-18-13(17)16-12-6-4-11(14)5-7-12/h4-7,10,15H,3,8-9H2,1-2H3,(H,16,17). The predicted octanol–water partition coefficient (Wildman–Crippen LogP) is 2.76. The van der Waals surface area contributed by atoms with E-state index < -0.39 is 6.09 Å². The van der Waals surface area contributed by atoms with Crippen molar-refractivity contribution in [3.8, 4) is 0 Å². The number of rotatable bonds is 6. The van der Waals surface area contributed by atoms with E-state index >= 15 is 0 Å². The van der Waals surface area contributed by atoms with Crippen LogP contribution in [0.15, 0.2) is 24.3 Å². The summed E-state index contributed by atoms with van der Waals surface area (Å²) in [6.07, 6.45) is 0.237. The Labute approximate surface area is 107 Å². The zero-order valence-corrected chi connectivity index (χ0v) is 10.7. The van der Waals surface area contributed by atoms with Crippen molar-refractivity contribution in [2.24, 2.45) is 0 Å². The van der Waals surface area contributed by atoms with Crippen molar-refractivity contribution in [3.63, 3.8) is 0 Å². The molecule has 0 bridgehead atoms. The number of halogens is 1. The quantitative estimate of drug-likeness (QED) is 0.767. The lowest BCUT2D eigenvalue weighted by Gasteiger charge is -2.09. The molecule has 5 heteroatoms. The van der Waals surface area contributed by atoms with Crippen molar-refractivity contribution in [2.45, 2.75) is 26.3 Å². The number of benzene rings is 1. The summed E-state index contributed by atoms with van der Waals surface area (Å²) in [6.45, 7) is 5.28. The summed E-state index contributed by atoms with van der Waals surface area (Å²) >= 11 is 0. The molecule has 1 aromatic rings. The highest BCUT2D eigenvalue weighted by molar-refractivity contribution is 5.84. The van der Waals surface area contributed by atoms with Gasteiger partial charge in [0.1, 0.15) is 5.82 Å². The number of hydrogen-bond acceptors (Lipinski definition) is 3. The third kappa shape index (κ3) is 6.20. The van der Waals surface area contributed by atoms with Crippen LogP contribution in [0.25, 0.3) is 0 Å². The highest BCUT2D eigenvalue weighted by Crippen LogP contribution is 2.08. The minimum absolute atomic E-state index is 0.339. The second-order valence-corrected chi connectivity index (χ2v) is 4.23. The number of hydrogen-bond donors (Lipinski definition) is 2. The average Bonchev–Trinajstić information content (AvgIpc) is 2.31. The van der Waals surface area contributed by atoms with E-state index in [0.717, 1.165) is 13.0 Å². The van der Waals surface area contributed by atoms with Crippen molar-refractivity contribution < 1.29 is 13.9 Å². The van der Waals surface area contributed by atoms with Crippen LogP contribution in [0.2, 0.25) is 0 Å². The maximum Gasteiger partial charge on any atom is 0.411 e. The molecule has 0 atom stereocenters. The Morgan fingerprint density at radius 3 is 2.61 bits per heavy atom. The Balaban J connectivity index is 2.16. The van der Waals surface area contributed by atoms with Gasteiger partial charge in [0.15, 0.2) is 0 Å². The van der Waals surface area contributed by atoms with Crippen LogP contribution < -0.4 is 10.6 Å². The van der Waals surface area contributed by atoms with Gasteiger partial charge in [-0.05, 0) is 37.2 Å². The van der Waals surface area contributed by atoms with E-state index in [-0.39, 0.29) is 5.82 Å². The smallest absolute Gasteiger partial charge is 0.411 e. The number of amides is 1. The Morgan fingerprint density at radius 1 is 1.33 bits per heavy atom. The lowest BCUT2D eigenvalue weighted by molar-refractivity contribution is 0.160. The van der Waals surface area contributed by atoms with E-state index in [4.69, 9.17) is 4.74 Å². The molecule has 100 valence electrons. The maximum atomic E-state index is 12.6. The van der Waals surface area contributed by atoms with Gasteiger partial charge in [0.2, 0.25) is 0 Å². The highest BCUT2D eigenvalue weighted by Gasteiger charge is 2.02. The average molecular weight is 254 g/mol. The minimum atomic E-state index is -0.522. The van der Waals surface area contributed by atoms with Crippen LogP contribution in [0.4, 0.5) is 14.9 Å². The molecular weight excluding hydrogens is 235 g/mol. The third-order valence-electron chi connectivity index (χ3n) is 2.20. The number of carbonyl (C=O) groups excluding carboxylic acids is 1. The number of nitrogens with one attached hydrogen (secondary N) is 2. The number of carbonyl (C=O) groups is 1. The molecule has 1 aromatic carbocycles. The van der Waals surface area contributed by atoms with Crippen molar-refractivity contribution in [1.82, 2.24) is 5.32 Å². The summed E-state index contributed by atoms with van der Waals surface area (Å²) < 4.78 is 17.6. The molecule has 0 saturated carbocycles. The van der Waals surface area contributed by atoms with Gasteiger partial charge >= 0.3 is 6.09 Å². The fourth-order valence-electron chi connectivity index (χ4n) is 1.31. The second kappa shape index (κ2) is 7.66. The first kappa shape index (κ1) is 14.4. The van der Waals surface area contributed by atoms with Gasteiger partial charge in [0, 0.05) is 11.7 Å². The molecule has 0 aliphatic heterocycles. The zero-order chi connectivity index (χ0) is 13.4. The van der Waals surface area contributed by atoms with Crippen molar-refractivity contribution in [1.29, 1.82) is 0 Å². The van der Waals surface area contributed by atoms with Crippen LogP contribution in [0.1, 0.15) is 20.3 Å². The first-order chi connectivity index (χ1) is 8.58. The molecule has 2 N–H and O–H groups in total. The molecule has 0 aromatic heterocycles. The molecule has 0 saturated heterocycles. The van der Waals surface area contributed by atoms with Gasteiger partial charge in [-0.2, -0.15) is 0 Å². The van der Waals surface area contributed by atoms with Gasteiger partial charge in [-0.1, -0.05) is 13.8 Å². The van der Waals surface area contributed by atoms with Crippen molar-refractivity contribution >= 4 is 11.8 Å². The van der Waals surface area contributed by atoms with Gasteiger partial charge in [-0.15, -0.1) is 0 Å². The van der Waals surface area contributed by atoms with Gasteiger partial charge in [0.05, 0.1) is 6.61 Å². The van der Waals surface area contributed by atoms with E-state index in [0.29, 0.717) is 18.3 Å². The SMILES string of the molecule is CC(C)NCCCOC(=O)Nc1ccc(F)cc1. The summed E-state index contributed by atoms with van der Waals surface area (Å²) in [5, 5.41) is 5.74. The predicted molar refractivity (Wildman–Crippen MR) is 69.1 cm³/mol. The van der Waals surface area contributed by atoms with Crippen LogP contribution >= 0.6 is 0 Å². The Bertz CT molecular complexity index is 366. The van der Waals surface area contributed by atoms with Crippen LogP contribution in [0.3, 0.4) is 0 Å². The van der Waals surface area contributed by atoms with Crippen LogP contribution in [-0.2, 0) is 4.74 Å². The van der Waals surface area contributed by atoms with Crippen LogP contribution in [0, 0.1) is 5.82 Å². The van der Waals surface area contributed by atoms with Gasteiger partial charge in [-0.3, -0.25) is 5.32 Å². The molecule has 4 nitrogen and oxygen atoms in total. The highest BCUT2D eigenvalue weighted by atomic mass is 19.1. The third-order valence-corrected chi connectivity index (χ3v) is 2.20. The van der Waals surface area contributed by atoms with Gasteiger partial charge in [-0.25, -0.2) is 9.18 Å². The van der Waals surface area contributed by atoms with Gasteiger partial charge < -0.3 is 10.1 Å². The topological polar surface area (TPSA) is 50.4 Å². The normalized spacial score (nSPS) is 10.4. The summed E-state index contributed by atoms with van der Waals surface area (Å²) in [5.41, 5.74) is 0.515. The fraction of sp³-hybridized carbons (Fsp3) is 0.462. The maximum absolute atomic E-state index is 12.6. The van der Waals surface area contributed by atoms with Crippen molar-refractivity contribution in [3.05, 3.63) is 30.1 Å². The Kier molecular flexibility index (Phi) is 6.14. The molecule has 0 unspecified atom stereocenters. The van der Waals surface area contributed by atoms with Crippen LogP contribution in [-0.4, -0.2) is 25.3 Å². The molecule has 18 heavy (non-hydrogen) atoms. The molecule has 1 amide bonds. The zero-order valence-electron chi connectivity index (χ0n) is 10.7. The Hall–Kier alpha value is -1.62. The van der Waals surface area contributed by atoms with E-state index in [1.807, 2.05) is 0 Å². The monoisotopic (exact) mass is 254 g/mol. The summed E-state index contributed by atoms with van der Waals surface area (Å²) in [5.74, 6) is -0.339. The molecule has 1 rings (SSSR count). The fourth-order valence-corrected chi connectivity index (χ4v) is 1.31. The molecular formula is C13H19FN2O2. The molecule has 0 spiro atoms. The van der Waals surface area contributed by atoms with Gasteiger partial charge in [0.25, 0.3) is 0 Å². The lowest BCUT2D eigenvalue weighted by atomic mass is 10.3. The first-order valence-electron chi connectivity index (χ1n) is 6.00. The number of anilines is 1. The first-order valence-corrected chi connectivity index (χ1v) is 6.00. The minimum Gasteiger partial charge on any atom is -0.449 e. The largest absolute Gasteiger partial charge is 0.449 e. The van der Waals surface area contributed by atoms with Crippen molar-refractivity contribution in [2.75, 3.05) is 18.5 Å². The summed E-state index contributed by atoms with van der Waals surface area (Å²) in [7, 11) is 0. The second-order valence-electron chi connectivity index (χ2n) is 4.23. The van der Waals surface area contributed by atoms with E-state index in [1.54, 1.807) is 0 Å². The molecule has 0 radical (unpaired) electrons. The molecule has 0 heterocycles. The Morgan fingerprint density at radius 2 is 2.00 bits per heavy atom. The van der Waals surface area contributed by atoms with E-state index in [1.165, 1.54) is 24.3 Å².